The summed E-state index contributed by atoms with van der Waals surface area (Å²) in [5.41, 5.74) is 12.7. The molecule has 0 aliphatic carbocycles. The van der Waals surface area contributed by atoms with E-state index in [9.17, 15) is 14.7 Å². The zero-order chi connectivity index (χ0) is 17.4. The van der Waals surface area contributed by atoms with E-state index in [1.807, 2.05) is 12.3 Å². The van der Waals surface area contributed by atoms with E-state index in [1.165, 1.54) is 0 Å². The fourth-order valence-corrected chi connectivity index (χ4v) is 1.93. The number of H-pyrrole nitrogens is 1. The van der Waals surface area contributed by atoms with Gasteiger partial charge in [-0.2, -0.15) is 0 Å². The van der Waals surface area contributed by atoms with Gasteiger partial charge >= 0.3 is 11.9 Å². The van der Waals surface area contributed by atoms with Crippen LogP contribution >= 0.6 is 0 Å². The van der Waals surface area contributed by atoms with Gasteiger partial charge in [0.1, 0.15) is 11.8 Å². The van der Waals surface area contributed by atoms with Crippen LogP contribution in [0.1, 0.15) is 18.4 Å². The van der Waals surface area contributed by atoms with E-state index in [0.717, 1.165) is 22.9 Å². The zero-order valence-electron chi connectivity index (χ0n) is 12.5. The van der Waals surface area contributed by atoms with Gasteiger partial charge in [-0.05, 0) is 43.1 Å². The summed E-state index contributed by atoms with van der Waals surface area (Å²) in [4.78, 5) is 23.0. The number of carbonyl (C=O) groups is 2. The van der Waals surface area contributed by atoms with Crippen LogP contribution in [0.4, 0.5) is 0 Å². The van der Waals surface area contributed by atoms with Crippen molar-refractivity contribution in [2.24, 2.45) is 11.5 Å². The number of rotatable bonds is 6. The van der Waals surface area contributed by atoms with Crippen LogP contribution in [0.15, 0.2) is 24.4 Å². The SMILES string of the molecule is NC(CCC(=O)O)C(=O)O.NCCc1c[nH]c2ccc(O)cc12. The number of nitrogens with two attached hydrogens (primary N) is 2. The number of phenolic OH excluding ortho intramolecular Hbond substituents is 1. The summed E-state index contributed by atoms with van der Waals surface area (Å²) in [7, 11) is 0. The number of aliphatic carboxylic acids is 2. The predicted octanol–water partition coefficient (Wildman–Crippen LogP) is 0.638. The summed E-state index contributed by atoms with van der Waals surface area (Å²) in [6, 6.07) is 4.24. The number of aromatic amines is 1. The fourth-order valence-electron chi connectivity index (χ4n) is 1.93. The molecule has 1 aromatic carbocycles. The second kappa shape index (κ2) is 8.76. The fraction of sp³-hybridized carbons (Fsp3) is 0.333. The van der Waals surface area contributed by atoms with Gasteiger partial charge in [0, 0.05) is 23.5 Å². The van der Waals surface area contributed by atoms with Gasteiger partial charge in [-0.25, -0.2) is 0 Å². The van der Waals surface area contributed by atoms with Gasteiger partial charge in [-0.1, -0.05) is 0 Å². The number of fused-ring (bicyclic) bond motifs is 1. The highest BCUT2D eigenvalue weighted by molar-refractivity contribution is 5.84. The van der Waals surface area contributed by atoms with Crippen LogP contribution in [0.2, 0.25) is 0 Å². The molecule has 23 heavy (non-hydrogen) atoms. The molecular weight excluding hydrogens is 302 g/mol. The highest BCUT2D eigenvalue weighted by Crippen LogP contribution is 2.22. The van der Waals surface area contributed by atoms with Crippen molar-refractivity contribution < 1.29 is 24.9 Å². The van der Waals surface area contributed by atoms with Crippen LogP contribution in [0, 0.1) is 0 Å². The Hall–Kier alpha value is -2.58. The van der Waals surface area contributed by atoms with Crippen LogP contribution in [-0.2, 0) is 16.0 Å². The standard InChI is InChI=1S/C10H12N2O.C5H9NO4/c11-4-3-7-6-12-10-2-1-8(13)5-9(7)10;6-3(5(9)10)1-2-4(7)8/h1-2,5-6,12-13H,3-4,11H2;3H,1-2,6H2,(H,7,8)(H,9,10). The van der Waals surface area contributed by atoms with Crippen molar-refractivity contribution >= 4 is 22.8 Å². The Labute approximate surface area is 132 Å². The van der Waals surface area contributed by atoms with Gasteiger partial charge in [-0.3, -0.25) is 9.59 Å². The van der Waals surface area contributed by atoms with Gasteiger partial charge < -0.3 is 31.8 Å². The van der Waals surface area contributed by atoms with E-state index in [4.69, 9.17) is 21.7 Å². The van der Waals surface area contributed by atoms with Gasteiger partial charge in [0.25, 0.3) is 0 Å². The molecule has 0 fully saturated rings. The molecule has 0 bridgehead atoms. The number of nitrogens with one attached hydrogen (secondary N) is 1. The van der Waals surface area contributed by atoms with E-state index in [2.05, 4.69) is 4.98 Å². The maximum Gasteiger partial charge on any atom is 0.320 e. The number of hydrogen-bond donors (Lipinski definition) is 6. The second-order valence-corrected chi connectivity index (χ2v) is 4.96. The molecule has 1 aromatic heterocycles. The normalized spacial score (nSPS) is 11.6. The third-order valence-electron chi connectivity index (χ3n) is 3.15. The van der Waals surface area contributed by atoms with Crippen molar-refractivity contribution in [1.29, 1.82) is 0 Å². The zero-order valence-corrected chi connectivity index (χ0v) is 12.5. The Bertz CT molecular complexity index is 668. The number of hydrogen-bond acceptors (Lipinski definition) is 5. The minimum absolute atomic E-state index is 0.0231. The maximum atomic E-state index is 9.99. The lowest BCUT2D eigenvalue weighted by Crippen LogP contribution is -2.30. The molecule has 126 valence electrons. The first-order valence-electron chi connectivity index (χ1n) is 7.04. The van der Waals surface area contributed by atoms with Gasteiger partial charge in [-0.15, -0.1) is 0 Å². The van der Waals surface area contributed by atoms with E-state index >= 15 is 0 Å². The van der Waals surface area contributed by atoms with Crippen LogP contribution in [0.25, 0.3) is 10.9 Å². The molecule has 1 heterocycles. The third kappa shape index (κ3) is 5.97. The summed E-state index contributed by atoms with van der Waals surface area (Å²) in [5.74, 6) is -1.90. The summed E-state index contributed by atoms with van der Waals surface area (Å²) in [5, 5.41) is 26.6. The first kappa shape index (κ1) is 18.5. The van der Waals surface area contributed by atoms with Gasteiger partial charge in [0.15, 0.2) is 0 Å². The summed E-state index contributed by atoms with van der Waals surface area (Å²) in [6.45, 7) is 0.628. The molecule has 0 radical (unpaired) electrons. The van der Waals surface area contributed by atoms with Crippen LogP contribution in [0.3, 0.4) is 0 Å². The maximum absolute atomic E-state index is 9.99. The van der Waals surface area contributed by atoms with Crippen molar-refractivity contribution in [3.8, 4) is 5.75 Å². The lowest BCUT2D eigenvalue weighted by atomic mass is 10.1. The number of benzene rings is 1. The molecule has 0 aliphatic rings. The Morgan fingerprint density at radius 1 is 1.26 bits per heavy atom. The second-order valence-electron chi connectivity index (χ2n) is 4.96. The highest BCUT2D eigenvalue weighted by atomic mass is 16.4. The van der Waals surface area contributed by atoms with E-state index in [-0.39, 0.29) is 12.8 Å². The molecule has 8 nitrogen and oxygen atoms in total. The number of aromatic hydroxyl groups is 1. The summed E-state index contributed by atoms with van der Waals surface area (Å²) >= 11 is 0. The quantitative estimate of drug-likeness (QED) is 0.454. The minimum Gasteiger partial charge on any atom is -0.508 e. The van der Waals surface area contributed by atoms with Crippen molar-refractivity contribution in [3.05, 3.63) is 30.0 Å². The molecule has 0 amide bonds. The Kier molecular flexibility index (Phi) is 7.04. The predicted molar refractivity (Wildman–Crippen MR) is 85.2 cm³/mol. The van der Waals surface area contributed by atoms with E-state index < -0.39 is 18.0 Å². The van der Waals surface area contributed by atoms with Crippen molar-refractivity contribution in [1.82, 2.24) is 4.98 Å². The van der Waals surface area contributed by atoms with Crippen LogP contribution < -0.4 is 11.5 Å². The number of aromatic nitrogens is 1. The molecule has 0 saturated carbocycles. The van der Waals surface area contributed by atoms with E-state index in [1.54, 1.807) is 12.1 Å². The number of phenols is 1. The van der Waals surface area contributed by atoms with Crippen molar-refractivity contribution in [3.63, 3.8) is 0 Å². The van der Waals surface area contributed by atoms with Crippen molar-refractivity contribution in [2.75, 3.05) is 6.54 Å². The molecule has 8 N–H and O–H groups in total. The monoisotopic (exact) mass is 323 g/mol. The van der Waals surface area contributed by atoms with Gasteiger partial charge in [0.2, 0.25) is 0 Å². The first-order valence-corrected chi connectivity index (χ1v) is 7.04. The Morgan fingerprint density at radius 2 is 1.96 bits per heavy atom. The van der Waals surface area contributed by atoms with Crippen molar-refractivity contribution in [2.45, 2.75) is 25.3 Å². The largest absolute Gasteiger partial charge is 0.508 e. The topological polar surface area (TPSA) is 163 Å². The van der Waals surface area contributed by atoms with Crippen LogP contribution in [-0.4, -0.2) is 44.8 Å². The molecule has 0 saturated heterocycles. The average Bonchev–Trinajstić information content (AvgIpc) is 2.88. The minimum atomic E-state index is -1.17. The molecule has 8 heteroatoms. The number of carboxylic acid groups (broad SMARTS) is 2. The van der Waals surface area contributed by atoms with Gasteiger partial charge in [0.05, 0.1) is 0 Å². The molecule has 1 unspecified atom stereocenters. The molecular formula is C15H21N3O5. The highest BCUT2D eigenvalue weighted by Gasteiger charge is 2.12. The molecule has 1 atom stereocenters. The smallest absolute Gasteiger partial charge is 0.320 e. The molecule has 0 spiro atoms. The summed E-state index contributed by atoms with van der Waals surface area (Å²) < 4.78 is 0. The number of carboxylic acids is 2. The van der Waals surface area contributed by atoms with Crippen LogP contribution in [0.5, 0.6) is 5.75 Å². The lowest BCUT2D eigenvalue weighted by molar-refractivity contribution is -0.139. The average molecular weight is 323 g/mol. The first-order chi connectivity index (χ1) is 10.8. The molecule has 2 rings (SSSR count). The summed E-state index contributed by atoms with van der Waals surface area (Å²) in [6.07, 6.45) is 2.55. The molecule has 0 aliphatic heterocycles. The Morgan fingerprint density at radius 3 is 2.52 bits per heavy atom. The van der Waals surface area contributed by atoms with E-state index in [0.29, 0.717) is 12.3 Å². The third-order valence-corrected chi connectivity index (χ3v) is 3.15. The lowest BCUT2D eigenvalue weighted by Gasteiger charge is -2.01. The molecule has 2 aromatic rings. The Balaban J connectivity index is 0.000000241.